The number of likely N-dealkylation sites (tertiary alicyclic amines) is 1. The van der Waals surface area contributed by atoms with E-state index in [2.05, 4.69) is 18.7 Å². The maximum Gasteiger partial charge on any atom is 0.0593 e. The van der Waals surface area contributed by atoms with Gasteiger partial charge in [0.1, 0.15) is 0 Å². The maximum absolute atomic E-state index is 6.23. The molecule has 3 nitrogen and oxygen atoms in total. The monoisotopic (exact) mass is 254 g/mol. The summed E-state index contributed by atoms with van der Waals surface area (Å²) in [5.74, 6) is 2.37. The van der Waals surface area contributed by atoms with Gasteiger partial charge in [-0.15, -0.1) is 0 Å². The molecule has 0 bridgehead atoms. The smallest absolute Gasteiger partial charge is 0.0593 e. The van der Waals surface area contributed by atoms with Gasteiger partial charge in [-0.1, -0.05) is 20.3 Å². The third-order valence-electron chi connectivity index (χ3n) is 4.62. The van der Waals surface area contributed by atoms with Gasteiger partial charge in [0.25, 0.3) is 0 Å². The molecule has 1 aliphatic heterocycles. The van der Waals surface area contributed by atoms with Gasteiger partial charge in [0.15, 0.2) is 0 Å². The summed E-state index contributed by atoms with van der Waals surface area (Å²) in [6, 6.07) is 0.454. The lowest BCUT2D eigenvalue weighted by atomic mass is 9.78. The zero-order valence-electron chi connectivity index (χ0n) is 12.1. The van der Waals surface area contributed by atoms with Crippen LogP contribution in [0.4, 0.5) is 0 Å². The Morgan fingerprint density at radius 2 is 2.06 bits per heavy atom. The molecule has 0 radical (unpaired) electrons. The highest BCUT2D eigenvalue weighted by Crippen LogP contribution is 2.35. The van der Waals surface area contributed by atoms with Crippen molar-refractivity contribution >= 4 is 0 Å². The highest BCUT2D eigenvalue weighted by Gasteiger charge is 2.38. The minimum atomic E-state index is 0.454. The minimum absolute atomic E-state index is 0.454. The van der Waals surface area contributed by atoms with Gasteiger partial charge in [0.05, 0.1) is 6.61 Å². The van der Waals surface area contributed by atoms with E-state index in [0.717, 1.165) is 37.5 Å². The number of rotatable bonds is 6. The highest BCUT2D eigenvalue weighted by molar-refractivity contribution is 4.92. The molecule has 3 unspecified atom stereocenters. The summed E-state index contributed by atoms with van der Waals surface area (Å²) in [6.45, 7) is 9.86. The molecule has 2 N–H and O–H groups in total. The van der Waals surface area contributed by atoms with Crippen molar-refractivity contribution in [2.24, 2.45) is 23.5 Å². The SMILES string of the molecule is CC(C)CCOCCN1CC2CCCC(N)C2C1. The Morgan fingerprint density at radius 3 is 2.78 bits per heavy atom. The summed E-state index contributed by atoms with van der Waals surface area (Å²) < 4.78 is 5.71. The van der Waals surface area contributed by atoms with Gasteiger partial charge in [0, 0.05) is 32.3 Å². The molecule has 2 fully saturated rings. The van der Waals surface area contributed by atoms with Crippen molar-refractivity contribution in [3.63, 3.8) is 0 Å². The van der Waals surface area contributed by atoms with Crippen molar-refractivity contribution in [2.45, 2.75) is 45.6 Å². The zero-order chi connectivity index (χ0) is 13.0. The van der Waals surface area contributed by atoms with Gasteiger partial charge in [-0.05, 0) is 37.0 Å². The largest absolute Gasteiger partial charge is 0.380 e. The van der Waals surface area contributed by atoms with Crippen molar-refractivity contribution in [3.8, 4) is 0 Å². The molecular formula is C15H30N2O. The second kappa shape index (κ2) is 6.88. The molecule has 106 valence electrons. The number of hydrogen-bond donors (Lipinski definition) is 1. The molecule has 0 amide bonds. The van der Waals surface area contributed by atoms with E-state index < -0.39 is 0 Å². The molecule has 1 saturated heterocycles. The summed E-state index contributed by atoms with van der Waals surface area (Å²) in [6.07, 6.45) is 5.14. The molecule has 2 rings (SSSR count). The predicted molar refractivity (Wildman–Crippen MR) is 75.5 cm³/mol. The first-order chi connectivity index (χ1) is 8.66. The Balaban J connectivity index is 1.60. The number of ether oxygens (including phenoxy) is 1. The Labute approximate surface area is 112 Å². The number of nitrogens with zero attached hydrogens (tertiary/aromatic N) is 1. The van der Waals surface area contributed by atoms with Crippen LogP contribution in [0.2, 0.25) is 0 Å². The molecule has 1 aliphatic carbocycles. The summed E-state index contributed by atoms with van der Waals surface area (Å²) >= 11 is 0. The van der Waals surface area contributed by atoms with Crippen molar-refractivity contribution in [1.29, 1.82) is 0 Å². The van der Waals surface area contributed by atoms with E-state index in [1.165, 1.54) is 38.8 Å². The van der Waals surface area contributed by atoms with Crippen LogP contribution in [0.5, 0.6) is 0 Å². The van der Waals surface area contributed by atoms with Crippen LogP contribution >= 0.6 is 0 Å². The quantitative estimate of drug-likeness (QED) is 0.738. The molecule has 0 aromatic heterocycles. The normalized spacial score (nSPS) is 33.0. The van der Waals surface area contributed by atoms with E-state index >= 15 is 0 Å². The number of fused-ring (bicyclic) bond motifs is 1. The van der Waals surface area contributed by atoms with E-state index in [4.69, 9.17) is 10.5 Å². The molecule has 1 heterocycles. The lowest BCUT2D eigenvalue weighted by Gasteiger charge is -2.29. The van der Waals surface area contributed by atoms with Crippen molar-refractivity contribution in [1.82, 2.24) is 4.90 Å². The van der Waals surface area contributed by atoms with Gasteiger partial charge in [-0.2, -0.15) is 0 Å². The number of hydrogen-bond acceptors (Lipinski definition) is 3. The standard InChI is InChI=1S/C15H30N2O/c1-12(2)6-8-18-9-7-17-10-13-4-3-5-15(16)14(13)11-17/h12-15H,3-11,16H2,1-2H3. The van der Waals surface area contributed by atoms with Crippen LogP contribution in [0.3, 0.4) is 0 Å². The molecular weight excluding hydrogens is 224 g/mol. The minimum Gasteiger partial charge on any atom is -0.380 e. The first-order valence-corrected chi connectivity index (χ1v) is 7.72. The zero-order valence-corrected chi connectivity index (χ0v) is 12.1. The first kappa shape index (κ1) is 14.3. The van der Waals surface area contributed by atoms with Gasteiger partial charge in [-0.25, -0.2) is 0 Å². The average Bonchev–Trinajstić information content (AvgIpc) is 2.72. The summed E-state index contributed by atoms with van der Waals surface area (Å²) in [5, 5.41) is 0. The lowest BCUT2D eigenvalue weighted by molar-refractivity contribution is 0.101. The predicted octanol–water partition coefficient (Wildman–Crippen LogP) is 2.11. The molecule has 18 heavy (non-hydrogen) atoms. The first-order valence-electron chi connectivity index (χ1n) is 7.72. The fraction of sp³-hybridized carbons (Fsp3) is 1.00. The molecule has 3 heteroatoms. The molecule has 0 aromatic rings. The fourth-order valence-electron chi connectivity index (χ4n) is 3.41. The van der Waals surface area contributed by atoms with Crippen LogP contribution in [0.15, 0.2) is 0 Å². The Kier molecular flexibility index (Phi) is 5.46. The van der Waals surface area contributed by atoms with Crippen LogP contribution in [-0.2, 0) is 4.74 Å². The Bertz CT molecular complexity index is 245. The second-order valence-electron chi connectivity index (χ2n) is 6.57. The van der Waals surface area contributed by atoms with Crippen LogP contribution in [0, 0.1) is 17.8 Å². The summed E-state index contributed by atoms with van der Waals surface area (Å²) in [7, 11) is 0. The van der Waals surface area contributed by atoms with Gasteiger partial charge in [0.2, 0.25) is 0 Å². The molecule has 0 spiro atoms. The molecule has 2 aliphatic rings. The van der Waals surface area contributed by atoms with E-state index in [1.54, 1.807) is 0 Å². The highest BCUT2D eigenvalue weighted by atomic mass is 16.5. The van der Waals surface area contributed by atoms with Crippen molar-refractivity contribution in [2.75, 3.05) is 32.8 Å². The molecule has 3 atom stereocenters. The van der Waals surface area contributed by atoms with E-state index in [-0.39, 0.29) is 0 Å². The van der Waals surface area contributed by atoms with E-state index in [9.17, 15) is 0 Å². The van der Waals surface area contributed by atoms with Gasteiger partial charge in [-0.3, -0.25) is 0 Å². The van der Waals surface area contributed by atoms with Crippen LogP contribution in [-0.4, -0.2) is 43.8 Å². The van der Waals surface area contributed by atoms with Crippen LogP contribution < -0.4 is 5.73 Å². The third kappa shape index (κ3) is 3.94. The van der Waals surface area contributed by atoms with Gasteiger partial charge < -0.3 is 15.4 Å². The second-order valence-corrected chi connectivity index (χ2v) is 6.57. The van der Waals surface area contributed by atoms with Crippen LogP contribution in [0.1, 0.15) is 39.5 Å². The van der Waals surface area contributed by atoms with Crippen LogP contribution in [0.25, 0.3) is 0 Å². The Morgan fingerprint density at radius 1 is 1.22 bits per heavy atom. The Hall–Kier alpha value is -0.120. The van der Waals surface area contributed by atoms with Gasteiger partial charge >= 0.3 is 0 Å². The summed E-state index contributed by atoms with van der Waals surface area (Å²) in [5.41, 5.74) is 6.23. The summed E-state index contributed by atoms with van der Waals surface area (Å²) in [4.78, 5) is 2.57. The molecule has 0 aromatic carbocycles. The van der Waals surface area contributed by atoms with E-state index in [1.807, 2.05) is 0 Å². The topological polar surface area (TPSA) is 38.5 Å². The lowest BCUT2D eigenvalue weighted by Crippen LogP contribution is -2.38. The maximum atomic E-state index is 6.23. The molecule has 1 saturated carbocycles. The average molecular weight is 254 g/mol. The van der Waals surface area contributed by atoms with Crippen molar-refractivity contribution in [3.05, 3.63) is 0 Å². The number of nitrogens with two attached hydrogens (primary N) is 1. The third-order valence-corrected chi connectivity index (χ3v) is 4.62. The fourth-order valence-corrected chi connectivity index (χ4v) is 3.41. The van der Waals surface area contributed by atoms with E-state index in [0.29, 0.717) is 6.04 Å². The van der Waals surface area contributed by atoms with Crippen molar-refractivity contribution < 1.29 is 4.74 Å².